The van der Waals surface area contributed by atoms with Gasteiger partial charge in [-0.2, -0.15) is 0 Å². The first-order valence-electron chi connectivity index (χ1n) is 10.8. The van der Waals surface area contributed by atoms with Gasteiger partial charge in [0.1, 0.15) is 5.60 Å². The van der Waals surface area contributed by atoms with Gasteiger partial charge in [0.25, 0.3) is 0 Å². The standard InChI is InChI=1S/C21H43N5O2/c1-8-21(9-2,25-19(27)28-20(4,5)6)16-24-18(22-10-3)23-15-17-11-13-26(7)14-12-17/h17H,8-16H2,1-7H3,(H,25,27)(H2,22,23,24). The summed E-state index contributed by atoms with van der Waals surface area (Å²) in [5.74, 6) is 1.50. The summed E-state index contributed by atoms with van der Waals surface area (Å²) in [5.41, 5.74) is -0.913. The van der Waals surface area contributed by atoms with Crippen molar-refractivity contribution in [1.29, 1.82) is 0 Å². The summed E-state index contributed by atoms with van der Waals surface area (Å²) in [7, 11) is 2.18. The van der Waals surface area contributed by atoms with Gasteiger partial charge in [-0.05, 0) is 79.4 Å². The Balaban J connectivity index is 2.69. The zero-order valence-electron chi connectivity index (χ0n) is 19.2. The minimum absolute atomic E-state index is 0.379. The molecule has 0 aliphatic carbocycles. The van der Waals surface area contributed by atoms with Crippen molar-refractivity contribution in [3.05, 3.63) is 0 Å². The number of carbonyl (C=O) groups excluding carboxylic acids is 1. The van der Waals surface area contributed by atoms with Crippen LogP contribution in [0.2, 0.25) is 0 Å². The Morgan fingerprint density at radius 3 is 2.21 bits per heavy atom. The minimum Gasteiger partial charge on any atom is -0.444 e. The van der Waals surface area contributed by atoms with E-state index < -0.39 is 11.1 Å². The van der Waals surface area contributed by atoms with Crippen LogP contribution in [0.1, 0.15) is 67.2 Å². The van der Waals surface area contributed by atoms with Crippen molar-refractivity contribution in [2.24, 2.45) is 10.9 Å². The van der Waals surface area contributed by atoms with Crippen LogP contribution in [0.3, 0.4) is 0 Å². The number of carbonyl (C=O) groups is 1. The molecule has 1 aliphatic rings. The van der Waals surface area contributed by atoms with Gasteiger partial charge in [0.05, 0.1) is 12.1 Å². The van der Waals surface area contributed by atoms with E-state index in [0.717, 1.165) is 45.0 Å². The van der Waals surface area contributed by atoms with Crippen molar-refractivity contribution in [2.75, 3.05) is 39.8 Å². The highest BCUT2D eigenvalue weighted by atomic mass is 16.6. The third kappa shape index (κ3) is 9.13. The van der Waals surface area contributed by atoms with Crippen LogP contribution >= 0.6 is 0 Å². The monoisotopic (exact) mass is 397 g/mol. The highest BCUT2D eigenvalue weighted by molar-refractivity contribution is 5.79. The van der Waals surface area contributed by atoms with E-state index in [0.29, 0.717) is 12.5 Å². The Labute approximate surface area is 172 Å². The molecule has 0 radical (unpaired) electrons. The number of hydrogen-bond acceptors (Lipinski definition) is 4. The molecule has 7 nitrogen and oxygen atoms in total. The van der Waals surface area contributed by atoms with Gasteiger partial charge in [-0.25, -0.2) is 4.79 Å². The molecular formula is C21H43N5O2. The fourth-order valence-electron chi connectivity index (χ4n) is 3.29. The Hall–Kier alpha value is -1.50. The van der Waals surface area contributed by atoms with Crippen LogP contribution in [0, 0.1) is 5.92 Å². The van der Waals surface area contributed by atoms with Crippen molar-refractivity contribution in [2.45, 2.75) is 78.4 Å². The van der Waals surface area contributed by atoms with Gasteiger partial charge in [0, 0.05) is 13.1 Å². The fourth-order valence-corrected chi connectivity index (χ4v) is 3.29. The van der Waals surface area contributed by atoms with Gasteiger partial charge < -0.3 is 25.6 Å². The van der Waals surface area contributed by atoms with E-state index in [2.05, 4.69) is 48.7 Å². The lowest BCUT2D eigenvalue weighted by Crippen LogP contribution is -2.52. The molecule has 0 unspecified atom stereocenters. The van der Waals surface area contributed by atoms with Gasteiger partial charge >= 0.3 is 6.09 Å². The summed E-state index contributed by atoms with van der Waals surface area (Å²) in [5, 5.41) is 9.89. The number of nitrogens with zero attached hydrogens (tertiary/aromatic N) is 2. The first kappa shape index (κ1) is 24.5. The molecule has 164 valence electrons. The average molecular weight is 398 g/mol. The third-order valence-corrected chi connectivity index (χ3v) is 5.40. The topological polar surface area (TPSA) is 78.0 Å². The SMILES string of the molecule is CCNC(=NCC(CC)(CC)NC(=O)OC(C)(C)C)NCC1CCN(C)CC1. The van der Waals surface area contributed by atoms with Crippen LogP contribution in [-0.2, 0) is 4.74 Å². The van der Waals surface area contributed by atoms with Crippen LogP contribution in [0.4, 0.5) is 4.79 Å². The smallest absolute Gasteiger partial charge is 0.408 e. The van der Waals surface area contributed by atoms with E-state index in [1.807, 2.05) is 20.8 Å². The Bertz CT molecular complexity index is 490. The molecule has 1 aliphatic heterocycles. The number of hydrogen-bond donors (Lipinski definition) is 3. The van der Waals surface area contributed by atoms with Gasteiger partial charge in [0.2, 0.25) is 0 Å². The van der Waals surface area contributed by atoms with Crippen LogP contribution < -0.4 is 16.0 Å². The number of alkyl carbamates (subject to hydrolysis) is 1. The predicted molar refractivity (Wildman–Crippen MR) is 117 cm³/mol. The molecule has 1 saturated heterocycles. The lowest BCUT2D eigenvalue weighted by molar-refractivity contribution is 0.0452. The lowest BCUT2D eigenvalue weighted by Gasteiger charge is -2.33. The lowest BCUT2D eigenvalue weighted by atomic mass is 9.93. The highest BCUT2D eigenvalue weighted by Gasteiger charge is 2.30. The molecule has 1 rings (SSSR count). The van der Waals surface area contributed by atoms with Crippen LogP contribution in [0.15, 0.2) is 4.99 Å². The van der Waals surface area contributed by atoms with Gasteiger partial charge in [-0.3, -0.25) is 4.99 Å². The van der Waals surface area contributed by atoms with Crippen LogP contribution in [0.5, 0.6) is 0 Å². The van der Waals surface area contributed by atoms with E-state index >= 15 is 0 Å². The van der Waals surface area contributed by atoms with E-state index in [1.54, 1.807) is 0 Å². The number of likely N-dealkylation sites (tertiary alicyclic amines) is 1. The molecule has 0 aromatic rings. The number of aliphatic imine (C=N–C) groups is 1. The van der Waals surface area contributed by atoms with E-state index in [4.69, 9.17) is 9.73 Å². The maximum Gasteiger partial charge on any atom is 0.408 e. The van der Waals surface area contributed by atoms with Gasteiger partial charge in [-0.1, -0.05) is 13.8 Å². The summed E-state index contributed by atoms with van der Waals surface area (Å²) >= 11 is 0. The van der Waals surface area contributed by atoms with Crippen molar-refractivity contribution in [1.82, 2.24) is 20.9 Å². The second-order valence-corrected chi connectivity index (χ2v) is 8.94. The van der Waals surface area contributed by atoms with Crippen LogP contribution in [-0.4, -0.2) is 67.9 Å². The molecule has 0 bridgehead atoms. The third-order valence-electron chi connectivity index (χ3n) is 5.40. The number of guanidine groups is 1. The average Bonchev–Trinajstić information content (AvgIpc) is 2.62. The highest BCUT2D eigenvalue weighted by Crippen LogP contribution is 2.18. The number of nitrogens with one attached hydrogen (secondary N) is 3. The molecule has 0 atom stereocenters. The summed E-state index contributed by atoms with van der Waals surface area (Å²) in [6.45, 7) is 16.4. The fraction of sp³-hybridized carbons (Fsp3) is 0.905. The van der Waals surface area contributed by atoms with Gasteiger partial charge in [0.15, 0.2) is 5.96 Å². The molecule has 1 amide bonds. The molecule has 0 spiro atoms. The van der Waals surface area contributed by atoms with Crippen molar-refractivity contribution in [3.63, 3.8) is 0 Å². The Morgan fingerprint density at radius 1 is 1.11 bits per heavy atom. The molecule has 1 fully saturated rings. The van der Waals surface area contributed by atoms with Crippen molar-refractivity contribution >= 4 is 12.1 Å². The van der Waals surface area contributed by atoms with Gasteiger partial charge in [-0.15, -0.1) is 0 Å². The number of amides is 1. The maximum absolute atomic E-state index is 12.3. The predicted octanol–water partition coefficient (Wildman–Crippen LogP) is 2.97. The zero-order valence-corrected chi connectivity index (χ0v) is 19.2. The van der Waals surface area contributed by atoms with Crippen molar-refractivity contribution < 1.29 is 9.53 Å². The quantitative estimate of drug-likeness (QED) is 0.433. The number of ether oxygens (including phenoxy) is 1. The summed E-state index contributed by atoms with van der Waals surface area (Å²) in [6.07, 6.45) is 3.64. The maximum atomic E-state index is 12.3. The molecular weight excluding hydrogens is 354 g/mol. The molecule has 3 N–H and O–H groups in total. The van der Waals surface area contributed by atoms with Crippen LogP contribution in [0.25, 0.3) is 0 Å². The second kappa shape index (κ2) is 11.5. The number of rotatable bonds is 8. The van der Waals surface area contributed by atoms with E-state index in [9.17, 15) is 4.79 Å². The molecule has 28 heavy (non-hydrogen) atoms. The first-order valence-corrected chi connectivity index (χ1v) is 10.8. The molecule has 1 heterocycles. The molecule has 0 saturated carbocycles. The summed E-state index contributed by atoms with van der Waals surface area (Å²) < 4.78 is 5.45. The second-order valence-electron chi connectivity index (χ2n) is 8.94. The largest absolute Gasteiger partial charge is 0.444 e. The van der Waals surface area contributed by atoms with E-state index in [1.165, 1.54) is 12.8 Å². The number of piperidine rings is 1. The normalized spacial score (nSPS) is 17.3. The minimum atomic E-state index is -0.509. The zero-order chi connectivity index (χ0) is 21.2. The molecule has 0 aromatic carbocycles. The summed E-state index contributed by atoms with van der Waals surface area (Å²) in [6, 6.07) is 0. The molecule has 0 aromatic heterocycles. The van der Waals surface area contributed by atoms with E-state index in [-0.39, 0.29) is 6.09 Å². The first-order chi connectivity index (χ1) is 13.1. The van der Waals surface area contributed by atoms with Crippen molar-refractivity contribution in [3.8, 4) is 0 Å². The Kier molecular flexibility index (Phi) is 10.1. The molecule has 7 heteroatoms. The summed E-state index contributed by atoms with van der Waals surface area (Å²) in [4.78, 5) is 19.5. The Morgan fingerprint density at radius 2 is 1.71 bits per heavy atom.